The van der Waals surface area contributed by atoms with Crippen LogP contribution in [0.15, 0.2) is 33.4 Å². The zero-order chi connectivity index (χ0) is 11.3. The van der Waals surface area contributed by atoms with Crippen molar-refractivity contribution in [3.63, 3.8) is 0 Å². The molecule has 0 aromatic carbocycles. The van der Waals surface area contributed by atoms with Gasteiger partial charge < -0.3 is 0 Å². The molecule has 0 fully saturated rings. The van der Waals surface area contributed by atoms with E-state index in [1.165, 1.54) is 6.08 Å². The Morgan fingerprint density at radius 3 is 2.73 bits per heavy atom. The Labute approximate surface area is 88.1 Å². The first kappa shape index (κ1) is 11.3. The number of hydrogen-bond donors (Lipinski definition) is 0. The Kier molecular flexibility index (Phi) is 3.51. The van der Waals surface area contributed by atoms with Crippen LogP contribution in [-0.4, -0.2) is 17.7 Å². The van der Waals surface area contributed by atoms with Gasteiger partial charge in [0.05, 0.1) is 11.2 Å². The summed E-state index contributed by atoms with van der Waals surface area (Å²) >= 11 is 0. The molecule has 15 heavy (non-hydrogen) atoms. The van der Waals surface area contributed by atoms with E-state index >= 15 is 0 Å². The average Bonchev–Trinajstić information content (AvgIpc) is 2.33. The van der Waals surface area contributed by atoms with Gasteiger partial charge in [0, 0.05) is 0 Å². The van der Waals surface area contributed by atoms with E-state index in [2.05, 4.69) is 9.98 Å². The van der Waals surface area contributed by atoms with E-state index in [1.807, 2.05) is 26.0 Å². The maximum absolute atomic E-state index is 10.3. The van der Waals surface area contributed by atoms with Crippen LogP contribution in [0.2, 0.25) is 0 Å². The summed E-state index contributed by atoms with van der Waals surface area (Å²) in [6.07, 6.45) is 7.99. The first-order valence-electron chi connectivity index (χ1n) is 4.67. The van der Waals surface area contributed by atoms with Crippen molar-refractivity contribution in [2.75, 3.05) is 0 Å². The Morgan fingerprint density at radius 2 is 2.13 bits per heavy atom. The summed E-state index contributed by atoms with van der Waals surface area (Å²) in [5, 5.41) is 0. The normalized spacial score (nSPS) is 25.2. The van der Waals surface area contributed by atoms with Crippen molar-refractivity contribution in [2.24, 2.45) is 9.98 Å². The molecule has 0 radical (unpaired) electrons. The van der Waals surface area contributed by atoms with Crippen molar-refractivity contribution in [3.8, 4) is 0 Å². The second kappa shape index (κ2) is 4.65. The van der Waals surface area contributed by atoms with Crippen LogP contribution >= 0.6 is 0 Å². The van der Waals surface area contributed by atoms with Gasteiger partial charge in [0.15, 0.2) is 0 Å². The maximum Gasteiger partial charge on any atom is 0.240 e. The van der Waals surface area contributed by atoms with E-state index < -0.39 is 5.54 Å². The minimum absolute atomic E-state index is 0.539. The van der Waals surface area contributed by atoms with Gasteiger partial charge in [0.25, 0.3) is 0 Å². The van der Waals surface area contributed by atoms with Gasteiger partial charge in [-0.25, -0.2) is 9.59 Å². The smallest absolute Gasteiger partial charge is 0.211 e. The molecular formula is C11H12N2O2. The molecule has 0 amide bonds. The lowest BCUT2D eigenvalue weighted by atomic mass is 9.97. The van der Waals surface area contributed by atoms with E-state index in [-0.39, 0.29) is 0 Å². The van der Waals surface area contributed by atoms with Gasteiger partial charge in [-0.1, -0.05) is 12.2 Å². The lowest BCUT2D eigenvalue weighted by Gasteiger charge is -2.16. The maximum atomic E-state index is 10.3. The van der Waals surface area contributed by atoms with E-state index in [0.717, 1.165) is 5.57 Å². The largest absolute Gasteiger partial charge is 0.240 e. The Morgan fingerprint density at radius 1 is 1.40 bits per heavy atom. The highest BCUT2D eigenvalue weighted by Crippen LogP contribution is 2.28. The molecular weight excluding hydrogens is 192 g/mol. The Balaban J connectivity index is 2.99. The summed E-state index contributed by atoms with van der Waals surface area (Å²) in [7, 11) is 0. The highest BCUT2D eigenvalue weighted by molar-refractivity contribution is 5.42. The van der Waals surface area contributed by atoms with Gasteiger partial charge in [-0.05, 0) is 32.3 Å². The van der Waals surface area contributed by atoms with E-state index in [0.29, 0.717) is 18.5 Å². The zero-order valence-corrected chi connectivity index (χ0v) is 8.78. The molecule has 1 aliphatic rings. The van der Waals surface area contributed by atoms with Crippen LogP contribution in [0.5, 0.6) is 0 Å². The van der Waals surface area contributed by atoms with Crippen molar-refractivity contribution >= 4 is 12.2 Å². The molecule has 0 aliphatic heterocycles. The van der Waals surface area contributed by atoms with Crippen molar-refractivity contribution in [3.05, 3.63) is 23.4 Å². The monoisotopic (exact) mass is 204 g/mol. The molecule has 1 rings (SSSR count). The van der Waals surface area contributed by atoms with E-state index in [4.69, 9.17) is 0 Å². The number of nitrogens with zero attached hydrogens (tertiary/aromatic N) is 2. The predicted octanol–water partition coefficient (Wildman–Crippen LogP) is 2.04. The van der Waals surface area contributed by atoms with Crippen LogP contribution in [0.4, 0.5) is 0 Å². The number of carbonyl (C=O) groups excluding carboxylic acids is 2. The molecule has 0 N–H and O–H groups in total. The van der Waals surface area contributed by atoms with Crippen LogP contribution < -0.4 is 0 Å². The number of hydrogen-bond acceptors (Lipinski definition) is 4. The molecule has 4 heteroatoms. The number of rotatable bonds is 2. The second-order valence-electron chi connectivity index (χ2n) is 3.73. The zero-order valence-electron chi connectivity index (χ0n) is 8.78. The third-order valence-corrected chi connectivity index (χ3v) is 2.50. The predicted molar refractivity (Wildman–Crippen MR) is 55.7 cm³/mol. The van der Waals surface area contributed by atoms with Gasteiger partial charge in [0.1, 0.15) is 0 Å². The SMILES string of the molecule is CC1=C(N=C=O)CCC(C)(N=C=O)C=C1. The summed E-state index contributed by atoms with van der Waals surface area (Å²) in [5.74, 6) is 0. The van der Waals surface area contributed by atoms with Gasteiger partial charge in [-0.2, -0.15) is 9.98 Å². The average molecular weight is 204 g/mol. The Bertz CT molecular complexity index is 410. The van der Waals surface area contributed by atoms with Gasteiger partial charge in [-0.15, -0.1) is 0 Å². The standard InChI is InChI=1S/C11H12N2O2/c1-9-3-5-11(2,13-8-15)6-4-10(9)12-7-14/h3,5H,4,6H2,1-2H3. The molecule has 78 valence electrons. The molecule has 0 aromatic rings. The van der Waals surface area contributed by atoms with Crippen molar-refractivity contribution < 1.29 is 9.59 Å². The van der Waals surface area contributed by atoms with Crippen LogP contribution in [-0.2, 0) is 9.59 Å². The fraction of sp³-hybridized carbons (Fsp3) is 0.455. The molecule has 0 bridgehead atoms. The van der Waals surface area contributed by atoms with Crippen LogP contribution in [0, 0.1) is 0 Å². The first-order valence-corrected chi connectivity index (χ1v) is 4.67. The molecule has 1 unspecified atom stereocenters. The fourth-order valence-corrected chi connectivity index (χ4v) is 1.45. The molecule has 0 saturated carbocycles. The third-order valence-electron chi connectivity index (χ3n) is 2.50. The van der Waals surface area contributed by atoms with Gasteiger partial charge >= 0.3 is 0 Å². The molecule has 4 nitrogen and oxygen atoms in total. The summed E-state index contributed by atoms with van der Waals surface area (Å²) in [5.41, 5.74) is 1.07. The summed E-state index contributed by atoms with van der Waals surface area (Å²) in [4.78, 5) is 27.8. The van der Waals surface area contributed by atoms with E-state index in [9.17, 15) is 9.59 Å². The summed E-state index contributed by atoms with van der Waals surface area (Å²) in [6, 6.07) is 0. The number of allylic oxidation sites excluding steroid dienone is 3. The first-order chi connectivity index (χ1) is 7.11. The number of isocyanates is 2. The molecule has 0 heterocycles. The lowest BCUT2D eigenvalue weighted by Crippen LogP contribution is -2.17. The highest BCUT2D eigenvalue weighted by Gasteiger charge is 2.22. The Hall–Kier alpha value is -1.76. The highest BCUT2D eigenvalue weighted by atomic mass is 16.1. The van der Waals surface area contributed by atoms with Crippen LogP contribution in [0.25, 0.3) is 0 Å². The molecule has 0 aromatic heterocycles. The quantitative estimate of drug-likeness (QED) is 0.510. The van der Waals surface area contributed by atoms with Gasteiger partial charge in [0.2, 0.25) is 12.2 Å². The van der Waals surface area contributed by atoms with Gasteiger partial charge in [-0.3, -0.25) is 0 Å². The lowest BCUT2D eigenvalue weighted by molar-refractivity contribution is 0.514. The van der Waals surface area contributed by atoms with Crippen LogP contribution in [0.1, 0.15) is 26.7 Å². The number of aliphatic imine (C=N–C) groups is 2. The van der Waals surface area contributed by atoms with Crippen molar-refractivity contribution in [1.82, 2.24) is 0 Å². The fourth-order valence-electron chi connectivity index (χ4n) is 1.45. The third kappa shape index (κ3) is 2.84. The second-order valence-corrected chi connectivity index (χ2v) is 3.73. The molecule has 0 saturated heterocycles. The van der Waals surface area contributed by atoms with Crippen molar-refractivity contribution in [2.45, 2.75) is 32.2 Å². The summed E-state index contributed by atoms with van der Waals surface area (Å²) < 4.78 is 0. The molecule has 0 spiro atoms. The minimum atomic E-state index is -0.539. The minimum Gasteiger partial charge on any atom is -0.211 e. The summed E-state index contributed by atoms with van der Waals surface area (Å²) in [6.45, 7) is 3.71. The van der Waals surface area contributed by atoms with E-state index in [1.54, 1.807) is 6.08 Å². The van der Waals surface area contributed by atoms with Crippen LogP contribution in [0.3, 0.4) is 0 Å². The van der Waals surface area contributed by atoms with Crippen molar-refractivity contribution in [1.29, 1.82) is 0 Å². The molecule has 1 atom stereocenters. The topological polar surface area (TPSA) is 58.9 Å². The molecule has 1 aliphatic carbocycles.